The maximum absolute atomic E-state index is 5.02. The fourth-order valence-corrected chi connectivity index (χ4v) is 9.52. The van der Waals surface area contributed by atoms with Gasteiger partial charge in [-0.2, -0.15) is 0 Å². The summed E-state index contributed by atoms with van der Waals surface area (Å²) in [4.78, 5) is 5.02. The number of rotatable bonds is 5. The molecule has 0 radical (unpaired) electrons. The van der Waals surface area contributed by atoms with Crippen LogP contribution in [0.3, 0.4) is 0 Å². The van der Waals surface area contributed by atoms with Gasteiger partial charge in [0.2, 0.25) is 0 Å². The predicted molar refractivity (Wildman–Crippen MR) is 128 cm³/mol. The molecule has 1 aromatic heterocycles. The summed E-state index contributed by atoms with van der Waals surface area (Å²) in [5, 5.41) is 5.40. The van der Waals surface area contributed by atoms with E-state index in [1.54, 1.807) is 0 Å². The van der Waals surface area contributed by atoms with Crippen LogP contribution < -0.4 is 32.9 Å². The number of hydrogen-bond acceptors (Lipinski definition) is 2. The number of hydrogen-bond donors (Lipinski definition) is 0. The second-order valence-corrected chi connectivity index (χ2v) is 11.6. The first kappa shape index (κ1) is 20.9. The van der Waals surface area contributed by atoms with Gasteiger partial charge in [-0.15, -0.1) is 11.3 Å². The molecule has 0 aliphatic carbocycles. The van der Waals surface area contributed by atoms with Crippen molar-refractivity contribution < 1.29 is 17.0 Å². The monoisotopic (exact) mass is 489 g/mol. The Bertz CT molecular complexity index is 1090. The molecule has 4 aromatic carbocycles. The lowest BCUT2D eigenvalue weighted by molar-refractivity contribution is -0.00000555. The van der Waals surface area contributed by atoms with E-state index in [4.69, 9.17) is 4.98 Å². The molecule has 0 saturated carbocycles. The van der Waals surface area contributed by atoms with Crippen LogP contribution in [0.4, 0.5) is 0 Å². The van der Waals surface area contributed by atoms with E-state index in [0.717, 1.165) is 11.7 Å². The second-order valence-electron chi connectivity index (χ2n) is 7.05. The standard InChI is InChI=1S/C26H21NPS.BrH/c1-4-12-21(13-5-1)28(22-14-6-2-7-15-22,23-16-8-3-9-17-23)20-26-27-24-18-10-11-19-25(24)29-26;/h1-19H,20H2;1H/q+1;/p-1. The van der Waals surface area contributed by atoms with Crippen LogP contribution in [0.25, 0.3) is 10.2 Å². The van der Waals surface area contributed by atoms with E-state index in [1.807, 2.05) is 11.3 Å². The topological polar surface area (TPSA) is 12.9 Å². The lowest BCUT2D eigenvalue weighted by atomic mass is 10.3. The third-order valence-electron chi connectivity index (χ3n) is 5.30. The summed E-state index contributed by atoms with van der Waals surface area (Å²) in [5.41, 5.74) is 1.10. The largest absolute Gasteiger partial charge is 1.00 e. The Morgan fingerprint density at radius 3 is 1.47 bits per heavy atom. The minimum absolute atomic E-state index is 0. The van der Waals surface area contributed by atoms with Crippen molar-refractivity contribution >= 4 is 44.7 Å². The summed E-state index contributed by atoms with van der Waals surface area (Å²) < 4.78 is 1.26. The molecule has 0 aliphatic heterocycles. The van der Waals surface area contributed by atoms with Gasteiger partial charge in [-0.25, -0.2) is 4.98 Å². The normalized spacial score (nSPS) is 11.2. The molecule has 0 spiro atoms. The number of fused-ring (bicyclic) bond motifs is 1. The third kappa shape index (κ3) is 3.86. The molecule has 148 valence electrons. The molecule has 4 heteroatoms. The molecule has 1 nitrogen and oxygen atoms in total. The van der Waals surface area contributed by atoms with Gasteiger partial charge in [0, 0.05) is 0 Å². The molecular formula is C26H21BrNPS. The molecular weight excluding hydrogens is 469 g/mol. The number of thiazole rings is 1. The van der Waals surface area contributed by atoms with Crippen molar-refractivity contribution in [3.8, 4) is 0 Å². The molecule has 5 aromatic rings. The Balaban J connectivity index is 0.00000218. The van der Waals surface area contributed by atoms with E-state index in [-0.39, 0.29) is 17.0 Å². The van der Waals surface area contributed by atoms with Crippen molar-refractivity contribution in [1.29, 1.82) is 0 Å². The molecule has 0 bridgehead atoms. The van der Waals surface area contributed by atoms with Crippen LogP contribution in [0.1, 0.15) is 5.01 Å². The molecule has 0 N–H and O–H groups in total. The fourth-order valence-electron chi connectivity index (χ4n) is 3.96. The van der Waals surface area contributed by atoms with Gasteiger partial charge in [-0.05, 0) is 48.5 Å². The Morgan fingerprint density at radius 1 is 0.567 bits per heavy atom. The zero-order valence-corrected chi connectivity index (χ0v) is 19.7. The smallest absolute Gasteiger partial charge is 0.132 e. The van der Waals surface area contributed by atoms with Gasteiger partial charge in [0.15, 0.2) is 0 Å². The van der Waals surface area contributed by atoms with E-state index < -0.39 is 7.26 Å². The van der Waals surface area contributed by atoms with Gasteiger partial charge in [0.25, 0.3) is 0 Å². The quantitative estimate of drug-likeness (QED) is 0.346. The summed E-state index contributed by atoms with van der Waals surface area (Å²) in [6.07, 6.45) is 0.935. The first-order valence-electron chi connectivity index (χ1n) is 9.76. The average Bonchev–Trinajstić information content (AvgIpc) is 3.22. The summed E-state index contributed by atoms with van der Waals surface area (Å²) in [6, 6.07) is 41.5. The maximum atomic E-state index is 5.02. The predicted octanol–water partition coefficient (Wildman–Crippen LogP) is 2.79. The minimum Gasteiger partial charge on any atom is -1.00 e. The van der Waals surface area contributed by atoms with E-state index in [2.05, 4.69) is 115 Å². The van der Waals surface area contributed by atoms with Gasteiger partial charge >= 0.3 is 0 Å². The molecule has 0 aliphatic rings. The van der Waals surface area contributed by atoms with Crippen molar-refractivity contribution in [3.63, 3.8) is 0 Å². The zero-order chi connectivity index (χ0) is 19.5. The molecule has 0 saturated heterocycles. The van der Waals surface area contributed by atoms with Crippen LogP contribution in [0.2, 0.25) is 0 Å². The highest BCUT2D eigenvalue weighted by molar-refractivity contribution is 7.95. The number of nitrogens with zero attached hydrogens (tertiary/aromatic N) is 1. The third-order valence-corrected chi connectivity index (χ3v) is 10.9. The highest BCUT2D eigenvalue weighted by Gasteiger charge is 2.46. The number of benzene rings is 4. The SMILES string of the molecule is [Br-].c1ccc([P+](Cc2nc3ccccc3s2)(c2ccccc2)c2ccccc2)cc1. The maximum Gasteiger partial charge on any atom is 0.132 e. The average molecular weight is 490 g/mol. The molecule has 0 amide bonds. The van der Waals surface area contributed by atoms with Crippen LogP contribution in [-0.4, -0.2) is 4.98 Å². The Kier molecular flexibility index (Phi) is 6.43. The number of para-hydroxylation sites is 1. The van der Waals surface area contributed by atoms with Crippen LogP contribution >= 0.6 is 18.6 Å². The van der Waals surface area contributed by atoms with Crippen molar-refractivity contribution in [3.05, 3.63) is 120 Å². The van der Waals surface area contributed by atoms with Crippen molar-refractivity contribution in [2.75, 3.05) is 0 Å². The summed E-state index contributed by atoms with van der Waals surface area (Å²) in [5.74, 6) is 0. The zero-order valence-electron chi connectivity index (χ0n) is 16.4. The van der Waals surface area contributed by atoms with E-state index in [0.29, 0.717) is 0 Å². The van der Waals surface area contributed by atoms with Gasteiger partial charge in [-0.3, -0.25) is 0 Å². The van der Waals surface area contributed by atoms with E-state index in [9.17, 15) is 0 Å². The van der Waals surface area contributed by atoms with Crippen molar-refractivity contribution in [2.24, 2.45) is 0 Å². The lowest BCUT2D eigenvalue weighted by Crippen LogP contribution is -3.00. The van der Waals surface area contributed by atoms with Gasteiger partial charge in [0.1, 0.15) is 34.3 Å². The highest BCUT2D eigenvalue weighted by atomic mass is 79.9. The van der Waals surface area contributed by atoms with Gasteiger partial charge in [0.05, 0.1) is 10.2 Å². The van der Waals surface area contributed by atoms with Crippen LogP contribution in [0.5, 0.6) is 0 Å². The summed E-state index contributed by atoms with van der Waals surface area (Å²) >= 11 is 1.82. The molecule has 30 heavy (non-hydrogen) atoms. The Morgan fingerprint density at radius 2 is 1.00 bits per heavy atom. The summed E-state index contributed by atoms with van der Waals surface area (Å²) in [7, 11) is -1.88. The van der Waals surface area contributed by atoms with E-state index in [1.165, 1.54) is 25.6 Å². The first-order chi connectivity index (χ1) is 14.4. The highest BCUT2D eigenvalue weighted by Crippen LogP contribution is 2.58. The number of halogens is 1. The Hall–Kier alpha value is -2.32. The molecule has 0 unspecified atom stereocenters. The van der Waals surface area contributed by atoms with Crippen LogP contribution in [0, 0.1) is 0 Å². The molecule has 1 heterocycles. The summed E-state index contributed by atoms with van der Waals surface area (Å²) in [6.45, 7) is 0. The van der Waals surface area contributed by atoms with Crippen LogP contribution in [0.15, 0.2) is 115 Å². The van der Waals surface area contributed by atoms with Gasteiger partial charge in [-0.1, -0.05) is 66.7 Å². The molecule has 0 fully saturated rings. The van der Waals surface area contributed by atoms with E-state index >= 15 is 0 Å². The molecule has 0 atom stereocenters. The second kappa shape index (κ2) is 9.22. The first-order valence-corrected chi connectivity index (χ1v) is 12.5. The van der Waals surface area contributed by atoms with Crippen molar-refractivity contribution in [2.45, 2.75) is 6.16 Å². The van der Waals surface area contributed by atoms with Crippen molar-refractivity contribution in [1.82, 2.24) is 4.98 Å². The Labute approximate surface area is 192 Å². The minimum atomic E-state index is -1.88. The fraction of sp³-hybridized carbons (Fsp3) is 0.0385. The molecule has 5 rings (SSSR count). The van der Waals surface area contributed by atoms with Crippen LogP contribution in [-0.2, 0) is 6.16 Å². The van der Waals surface area contributed by atoms with Gasteiger partial charge < -0.3 is 17.0 Å². The number of aromatic nitrogens is 1. The lowest BCUT2D eigenvalue weighted by Gasteiger charge is -2.26.